The fraction of sp³-hybridized carbons (Fsp3) is 0.364. The highest BCUT2D eigenvalue weighted by molar-refractivity contribution is 7.92. The van der Waals surface area contributed by atoms with Crippen molar-refractivity contribution in [3.05, 3.63) is 64.5 Å². The minimum absolute atomic E-state index is 0.201. The van der Waals surface area contributed by atoms with E-state index in [0.29, 0.717) is 23.2 Å². The van der Waals surface area contributed by atoms with Crippen molar-refractivity contribution in [3.8, 4) is 0 Å². The van der Waals surface area contributed by atoms with Gasteiger partial charge in [0.1, 0.15) is 5.69 Å². The first-order valence-electron chi connectivity index (χ1n) is 9.91. The second-order valence-electron chi connectivity index (χ2n) is 7.55. The number of anilines is 1. The van der Waals surface area contributed by atoms with E-state index in [4.69, 9.17) is 0 Å². The van der Waals surface area contributed by atoms with Crippen molar-refractivity contribution in [1.82, 2.24) is 10.3 Å². The second-order valence-corrected chi connectivity index (χ2v) is 9.30. The van der Waals surface area contributed by atoms with Crippen LogP contribution in [0.2, 0.25) is 0 Å². The minimum Gasteiger partial charge on any atom is -0.348 e. The SMILES string of the molecule is CC[C@@H](C)c1nc(C(F)(F)F)ccc1C=CC(=O)NCc1ccc(NS(C)(=O)=O)c(C)c1. The Bertz CT molecular complexity index is 1110. The summed E-state index contributed by atoms with van der Waals surface area (Å²) in [5.41, 5.74) is 1.70. The number of alkyl halides is 3. The summed E-state index contributed by atoms with van der Waals surface area (Å²) in [6, 6.07) is 7.26. The van der Waals surface area contributed by atoms with E-state index >= 15 is 0 Å². The molecule has 32 heavy (non-hydrogen) atoms. The van der Waals surface area contributed by atoms with Gasteiger partial charge in [0, 0.05) is 12.6 Å². The molecule has 1 atom stereocenters. The van der Waals surface area contributed by atoms with E-state index in [2.05, 4.69) is 15.0 Å². The highest BCUT2D eigenvalue weighted by Gasteiger charge is 2.33. The minimum atomic E-state index is -4.54. The Morgan fingerprint density at radius 2 is 1.91 bits per heavy atom. The quantitative estimate of drug-likeness (QED) is 0.552. The molecule has 0 saturated heterocycles. The van der Waals surface area contributed by atoms with Crippen LogP contribution in [-0.4, -0.2) is 25.6 Å². The Balaban J connectivity index is 2.10. The molecular weight excluding hydrogens is 443 g/mol. The Labute approximate surface area is 186 Å². The molecule has 0 aliphatic rings. The fourth-order valence-electron chi connectivity index (χ4n) is 2.94. The number of aromatic nitrogens is 1. The highest BCUT2D eigenvalue weighted by Crippen LogP contribution is 2.31. The van der Waals surface area contributed by atoms with Gasteiger partial charge in [-0.2, -0.15) is 13.2 Å². The van der Waals surface area contributed by atoms with Gasteiger partial charge in [-0.15, -0.1) is 0 Å². The van der Waals surface area contributed by atoms with Crippen LogP contribution in [0, 0.1) is 6.92 Å². The lowest BCUT2D eigenvalue weighted by Gasteiger charge is -2.15. The van der Waals surface area contributed by atoms with Gasteiger partial charge in [0.05, 0.1) is 17.6 Å². The maximum Gasteiger partial charge on any atom is 0.433 e. The summed E-state index contributed by atoms with van der Waals surface area (Å²) in [5, 5.41) is 2.70. The number of sulfonamides is 1. The molecule has 10 heteroatoms. The van der Waals surface area contributed by atoms with Crippen molar-refractivity contribution in [1.29, 1.82) is 0 Å². The monoisotopic (exact) mass is 469 g/mol. The number of rotatable bonds is 8. The molecule has 2 rings (SSSR count). The van der Waals surface area contributed by atoms with E-state index in [9.17, 15) is 26.4 Å². The number of benzene rings is 1. The van der Waals surface area contributed by atoms with Crippen LogP contribution in [0.3, 0.4) is 0 Å². The maximum atomic E-state index is 13.0. The van der Waals surface area contributed by atoms with E-state index < -0.39 is 27.8 Å². The first kappa shape index (κ1) is 25.4. The Kier molecular flexibility index (Phi) is 8.06. The van der Waals surface area contributed by atoms with Crippen molar-refractivity contribution < 1.29 is 26.4 Å². The van der Waals surface area contributed by atoms with Gasteiger partial charge in [-0.05, 0) is 54.2 Å². The molecule has 174 valence electrons. The molecule has 1 amide bonds. The molecule has 2 aromatic rings. The lowest BCUT2D eigenvalue weighted by molar-refractivity contribution is -0.141. The number of carbonyl (C=O) groups excluding carboxylic acids is 1. The Morgan fingerprint density at radius 3 is 2.47 bits per heavy atom. The Hall–Kier alpha value is -2.88. The van der Waals surface area contributed by atoms with Gasteiger partial charge in [-0.25, -0.2) is 13.4 Å². The molecule has 0 aliphatic carbocycles. The zero-order valence-electron chi connectivity index (χ0n) is 18.2. The smallest absolute Gasteiger partial charge is 0.348 e. The van der Waals surface area contributed by atoms with Crippen molar-refractivity contribution >= 4 is 27.7 Å². The third-order valence-electron chi connectivity index (χ3n) is 4.79. The maximum absolute atomic E-state index is 13.0. The summed E-state index contributed by atoms with van der Waals surface area (Å²) in [5.74, 6) is -0.627. The fourth-order valence-corrected chi connectivity index (χ4v) is 3.56. The molecule has 0 unspecified atom stereocenters. The average molecular weight is 470 g/mol. The average Bonchev–Trinajstić information content (AvgIpc) is 2.70. The van der Waals surface area contributed by atoms with E-state index in [1.807, 2.05) is 6.92 Å². The van der Waals surface area contributed by atoms with Crippen molar-refractivity contribution in [2.75, 3.05) is 11.0 Å². The van der Waals surface area contributed by atoms with Gasteiger partial charge >= 0.3 is 6.18 Å². The molecule has 0 bridgehead atoms. The zero-order chi connectivity index (χ0) is 24.1. The highest BCUT2D eigenvalue weighted by atomic mass is 32.2. The zero-order valence-corrected chi connectivity index (χ0v) is 19.1. The van der Waals surface area contributed by atoms with Gasteiger partial charge in [0.25, 0.3) is 0 Å². The van der Waals surface area contributed by atoms with Gasteiger partial charge in [-0.3, -0.25) is 9.52 Å². The molecule has 1 aromatic carbocycles. The number of hydrogen-bond acceptors (Lipinski definition) is 4. The Morgan fingerprint density at radius 1 is 1.22 bits per heavy atom. The molecule has 0 aliphatic heterocycles. The lowest BCUT2D eigenvalue weighted by atomic mass is 9.98. The summed E-state index contributed by atoms with van der Waals surface area (Å²) in [6.07, 6.45) is -0.167. The third-order valence-corrected chi connectivity index (χ3v) is 5.38. The van der Waals surface area contributed by atoms with Crippen molar-refractivity contribution in [3.63, 3.8) is 0 Å². The van der Waals surface area contributed by atoms with Crippen LogP contribution in [0.1, 0.15) is 54.3 Å². The standard InChI is InChI=1S/C22H26F3N3O3S/c1-5-14(2)21-17(7-10-19(27-21)22(23,24)25)8-11-20(29)26-13-16-6-9-18(15(3)12-16)28-32(4,30)31/h6-12,14,28H,5,13H2,1-4H3,(H,26,29)/t14-/m1/s1. The molecule has 2 N–H and O–H groups in total. The summed E-state index contributed by atoms with van der Waals surface area (Å²) < 4.78 is 64.1. The molecular formula is C22H26F3N3O3S. The number of amides is 1. The molecule has 6 nitrogen and oxygen atoms in total. The van der Waals surface area contributed by atoms with Crippen LogP contribution in [0.15, 0.2) is 36.4 Å². The van der Waals surface area contributed by atoms with E-state index in [1.54, 1.807) is 32.0 Å². The van der Waals surface area contributed by atoms with Crippen molar-refractivity contribution in [2.24, 2.45) is 0 Å². The van der Waals surface area contributed by atoms with Gasteiger partial charge < -0.3 is 5.32 Å². The van der Waals surface area contributed by atoms with Crippen LogP contribution >= 0.6 is 0 Å². The first-order chi connectivity index (χ1) is 14.8. The number of aryl methyl sites for hydroxylation is 1. The number of pyridine rings is 1. The van der Waals surface area contributed by atoms with Crippen LogP contribution in [0.5, 0.6) is 0 Å². The number of nitrogens with one attached hydrogen (secondary N) is 2. The number of halogens is 3. The molecule has 0 spiro atoms. The molecule has 0 saturated carbocycles. The van der Waals surface area contributed by atoms with E-state index in [1.165, 1.54) is 18.2 Å². The third kappa shape index (κ3) is 7.37. The van der Waals surface area contributed by atoms with Crippen LogP contribution in [-0.2, 0) is 27.5 Å². The van der Waals surface area contributed by atoms with Crippen LogP contribution < -0.4 is 10.0 Å². The molecule has 1 aromatic heterocycles. The lowest BCUT2D eigenvalue weighted by Crippen LogP contribution is -2.20. The number of carbonyl (C=O) groups is 1. The van der Waals surface area contributed by atoms with E-state index in [0.717, 1.165) is 17.9 Å². The topological polar surface area (TPSA) is 88.2 Å². The normalized spacial score (nSPS) is 13.2. The first-order valence-corrected chi connectivity index (χ1v) is 11.8. The molecule has 0 fully saturated rings. The predicted octanol–water partition coefficient (Wildman–Crippen LogP) is 4.62. The number of hydrogen-bond donors (Lipinski definition) is 2. The van der Waals surface area contributed by atoms with Crippen LogP contribution in [0.4, 0.5) is 18.9 Å². The van der Waals surface area contributed by atoms with Crippen molar-refractivity contribution in [2.45, 2.75) is 45.8 Å². The van der Waals surface area contributed by atoms with Crippen LogP contribution in [0.25, 0.3) is 6.08 Å². The largest absolute Gasteiger partial charge is 0.433 e. The van der Waals surface area contributed by atoms with E-state index in [-0.39, 0.29) is 18.2 Å². The summed E-state index contributed by atoms with van der Waals surface area (Å²) >= 11 is 0. The number of nitrogens with zero attached hydrogens (tertiary/aromatic N) is 1. The summed E-state index contributed by atoms with van der Waals surface area (Å²) in [6.45, 7) is 5.58. The van der Waals surface area contributed by atoms with Gasteiger partial charge in [0.15, 0.2) is 0 Å². The molecule has 1 heterocycles. The second kappa shape index (κ2) is 10.2. The van der Waals surface area contributed by atoms with Gasteiger partial charge in [0.2, 0.25) is 15.9 Å². The predicted molar refractivity (Wildman–Crippen MR) is 118 cm³/mol. The molecule has 0 radical (unpaired) electrons. The van der Waals surface area contributed by atoms with Gasteiger partial charge in [-0.1, -0.05) is 32.0 Å². The summed E-state index contributed by atoms with van der Waals surface area (Å²) in [7, 11) is -3.39. The summed E-state index contributed by atoms with van der Waals surface area (Å²) in [4.78, 5) is 16.0.